The van der Waals surface area contributed by atoms with Crippen molar-refractivity contribution in [2.75, 3.05) is 13.2 Å². The van der Waals surface area contributed by atoms with Gasteiger partial charge in [-0.2, -0.15) is 0 Å². The first-order valence-electron chi connectivity index (χ1n) is 9.34. The smallest absolute Gasteiger partial charge is 0.260 e. The molecule has 5 heteroatoms. The summed E-state index contributed by atoms with van der Waals surface area (Å²) in [5.74, 6) is 1.44. The molecule has 0 fully saturated rings. The molecule has 146 valence electrons. The molecule has 0 bridgehead atoms. The van der Waals surface area contributed by atoms with Gasteiger partial charge in [0.05, 0.1) is 6.61 Å². The second kappa shape index (κ2) is 10.2. The molecule has 0 aliphatic carbocycles. The molecule has 2 aromatic rings. The fraction of sp³-hybridized carbons (Fsp3) is 0.409. The normalized spacial score (nSPS) is 11.7. The van der Waals surface area contributed by atoms with Gasteiger partial charge < -0.3 is 14.8 Å². The number of carbonyl (C=O) groups is 1. The zero-order chi connectivity index (χ0) is 19.8. The van der Waals surface area contributed by atoms with E-state index in [1.165, 1.54) is 0 Å². The molecule has 2 aromatic carbocycles. The highest BCUT2D eigenvalue weighted by molar-refractivity contribution is 6.32. The summed E-state index contributed by atoms with van der Waals surface area (Å²) in [6.07, 6.45) is 1.11. The third-order valence-corrected chi connectivity index (χ3v) is 4.88. The van der Waals surface area contributed by atoms with Crippen molar-refractivity contribution in [1.29, 1.82) is 0 Å². The van der Waals surface area contributed by atoms with Crippen LogP contribution in [0.3, 0.4) is 0 Å². The molecule has 1 atom stereocenters. The lowest BCUT2D eigenvalue weighted by molar-refractivity contribution is -0.127. The lowest BCUT2D eigenvalue weighted by Gasteiger charge is -2.16. The number of aryl methyl sites for hydroxylation is 3. The molecule has 0 aliphatic heterocycles. The molecule has 0 spiro atoms. The van der Waals surface area contributed by atoms with Crippen molar-refractivity contribution in [2.45, 2.75) is 46.6 Å². The molecule has 0 radical (unpaired) electrons. The Morgan fingerprint density at radius 1 is 1.19 bits per heavy atom. The van der Waals surface area contributed by atoms with Crippen LogP contribution < -0.4 is 14.8 Å². The van der Waals surface area contributed by atoms with Gasteiger partial charge >= 0.3 is 0 Å². The third kappa shape index (κ3) is 6.17. The summed E-state index contributed by atoms with van der Waals surface area (Å²) in [6, 6.07) is 11.7. The number of halogens is 1. The minimum absolute atomic E-state index is 0.127. The molecule has 0 unspecified atom stereocenters. The first-order chi connectivity index (χ1) is 12.9. The molecule has 0 aliphatic rings. The summed E-state index contributed by atoms with van der Waals surface area (Å²) >= 11 is 6.17. The van der Waals surface area contributed by atoms with Crippen molar-refractivity contribution in [3.63, 3.8) is 0 Å². The van der Waals surface area contributed by atoms with Gasteiger partial charge in [0.15, 0.2) is 6.10 Å². The highest BCUT2D eigenvalue weighted by Gasteiger charge is 2.15. The van der Waals surface area contributed by atoms with E-state index in [4.69, 9.17) is 21.1 Å². The highest BCUT2D eigenvalue weighted by Crippen LogP contribution is 2.26. The molecule has 4 nitrogen and oxygen atoms in total. The quantitative estimate of drug-likeness (QED) is 0.622. The van der Waals surface area contributed by atoms with E-state index in [2.05, 4.69) is 11.4 Å². The largest absolute Gasteiger partial charge is 0.494 e. The van der Waals surface area contributed by atoms with Crippen LogP contribution in [0.1, 0.15) is 37.0 Å². The second-order valence-electron chi connectivity index (χ2n) is 6.57. The van der Waals surface area contributed by atoms with Crippen LogP contribution in [0.4, 0.5) is 0 Å². The van der Waals surface area contributed by atoms with Gasteiger partial charge in [0.1, 0.15) is 11.5 Å². The SMILES string of the molecule is CCOc1ccccc1CCCNC(=O)[C@@H](C)Oc1cc(C)c(Cl)c(C)c1. The predicted octanol–water partition coefficient (Wildman–Crippen LogP) is 4.87. The summed E-state index contributed by atoms with van der Waals surface area (Å²) in [7, 11) is 0. The molecule has 27 heavy (non-hydrogen) atoms. The minimum atomic E-state index is -0.569. The maximum atomic E-state index is 12.3. The first-order valence-corrected chi connectivity index (χ1v) is 9.72. The lowest BCUT2D eigenvalue weighted by atomic mass is 10.1. The molecular formula is C22H28ClNO3. The predicted molar refractivity (Wildman–Crippen MR) is 110 cm³/mol. The van der Waals surface area contributed by atoms with Crippen molar-refractivity contribution in [1.82, 2.24) is 5.32 Å². The monoisotopic (exact) mass is 389 g/mol. The van der Waals surface area contributed by atoms with E-state index in [1.807, 2.05) is 51.1 Å². The van der Waals surface area contributed by atoms with Crippen molar-refractivity contribution < 1.29 is 14.3 Å². The van der Waals surface area contributed by atoms with E-state index in [1.54, 1.807) is 6.92 Å². The van der Waals surface area contributed by atoms with Crippen molar-refractivity contribution in [3.05, 3.63) is 58.1 Å². The minimum Gasteiger partial charge on any atom is -0.494 e. The number of benzene rings is 2. The number of amides is 1. The van der Waals surface area contributed by atoms with E-state index in [-0.39, 0.29) is 5.91 Å². The summed E-state index contributed by atoms with van der Waals surface area (Å²) in [5, 5.41) is 3.66. The maximum Gasteiger partial charge on any atom is 0.260 e. The van der Waals surface area contributed by atoms with Gasteiger partial charge in [0, 0.05) is 11.6 Å². The van der Waals surface area contributed by atoms with Gasteiger partial charge in [-0.15, -0.1) is 0 Å². The van der Waals surface area contributed by atoms with E-state index in [9.17, 15) is 4.79 Å². The van der Waals surface area contributed by atoms with Crippen LogP contribution in [0.2, 0.25) is 5.02 Å². The average molecular weight is 390 g/mol. The number of para-hydroxylation sites is 1. The average Bonchev–Trinajstić information content (AvgIpc) is 2.64. The summed E-state index contributed by atoms with van der Waals surface area (Å²) in [5.41, 5.74) is 3.03. The van der Waals surface area contributed by atoms with Gasteiger partial charge in [0.25, 0.3) is 5.91 Å². The van der Waals surface area contributed by atoms with Crippen molar-refractivity contribution in [2.24, 2.45) is 0 Å². The van der Waals surface area contributed by atoms with Crippen LogP contribution >= 0.6 is 11.6 Å². The lowest BCUT2D eigenvalue weighted by Crippen LogP contribution is -2.37. The van der Waals surface area contributed by atoms with Crippen LogP contribution in [-0.4, -0.2) is 25.2 Å². The zero-order valence-corrected chi connectivity index (χ0v) is 17.2. The number of hydrogen-bond donors (Lipinski definition) is 1. The van der Waals surface area contributed by atoms with Gasteiger partial charge in [-0.1, -0.05) is 29.8 Å². The van der Waals surface area contributed by atoms with Crippen LogP contribution in [0.25, 0.3) is 0 Å². The number of nitrogens with one attached hydrogen (secondary N) is 1. The zero-order valence-electron chi connectivity index (χ0n) is 16.5. The Bertz CT molecular complexity index is 753. The topological polar surface area (TPSA) is 47.6 Å². The van der Waals surface area contributed by atoms with Crippen LogP contribution in [0.5, 0.6) is 11.5 Å². The Hall–Kier alpha value is -2.20. The van der Waals surface area contributed by atoms with E-state index in [0.29, 0.717) is 18.9 Å². The number of hydrogen-bond acceptors (Lipinski definition) is 3. The van der Waals surface area contributed by atoms with Crippen LogP contribution in [0.15, 0.2) is 36.4 Å². The molecule has 0 saturated carbocycles. The van der Waals surface area contributed by atoms with Crippen LogP contribution in [0, 0.1) is 13.8 Å². The second-order valence-corrected chi connectivity index (χ2v) is 6.94. The molecule has 0 aromatic heterocycles. The molecule has 1 amide bonds. The number of ether oxygens (including phenoxy) is 2. The molecule has 2 rings (SSSR count). The Kier molecular flexibility index (Phi) is 7.99. The Morgan fingerprint density at radius 2 is 1.85 bits per heavy atom. The fourth-order valence-corrected chi connectivity index (χ4v) is 2.98. The van der Waals surface area contributed by atoms with Gasteiger partial charge in [0.2, 0.25) is 0 Å². The van der Waals surface area contributed by atoms with Gasteiger partial charge in [-0.05, 0) is 75.4 Å². The molecule has 0 heterocycles. The van der Waals surface area contributed by atoms with Gasteiger partial charge in [-0.25, -0.2) is 0 Å². The van der Waals surface area contributed by atoms with Crippen molar-refractivity contribution >= 4 is 17.5 Å². The highest BCUT2D eigenvalue weighted by atomic mass is 35.5. The van der Waals surface area contributed by atoms with Crippen molar-refractivity contribution in [3.8, 4) is 11.5 Å². The summed E-state index contributed by atoms with van der Waals surface area (Å²) < 4.78 is 11.4. The fourth-order valence-electron chi connectivity index (χ4n) is 2.87. The Labute approximate surface area is 166 Å². The van der Waals surface area contributed by atoms with E-state index < -0.39 is 6.10 Å². The summed E-state index contributed by atoms with van der Waals surface area (Å²) in [4.78, 5) is 12.3. The molecule has 0 saturated heterocycles. The summed E-state index contributed by atoms with van der Waals surface area (Å²) in [6.45, 7) is 8.80. The Morgan fingerprint density at radius 3 is 2.52 bits per heavy atom. The maximum absolute atomic E-state index is 12.3. The number of carbonyl (C=O) groups excluding carboxylic acids is 1. The third-order valence-electron chi connectivity index (χ3n) is 4.29. The molecule has 1 N–H and O–H groups in total. The van der Waals surface area contributed by atoms with E-state index in [0.717, 1.165) is 40.3 Å². The van der Waals surface area contributed by atoms with Gasteiger partial charge in [-0.3, -0.25) is 4.79 Å². The Balaban J connectivity index is 1.80. The number of rotatable bonds is 9. The van der Waals surface area contributed by atoms with Crippen LogP contribution in [-0.2, 0) is 11.2 Å². The standard InChI is InChI=1S/C22H28ClNO3/c1-5-26-20-11-7-6-9-18(20)10-8-12-24-22(25)17(4)27-19-13-15(2)21(23)16(3)14-19/h6-7,9,11,13-14,17H,5,8,10,12H2,1-4H3,(H,24,25)/t17-/m1/s1. The van der Waals surface area contributed by atoms with E-state index >= 15 is 0 Å². The molecular weight excluding hydrogens is 362 g/mol. The first kappa shape index (κ1) is 21.1.